The molecule has 0 aromatic carbocycles. The normalized spacial score (nSPS) is 17.5. The molecule has 0 N–H and O–H groups in total. The molecule has 1 atom stereocenters. The Bertz CT molecular complexity index is 238. The minimum absolute atomic E-state index is 0.0935. The van der Waals surface area contributed by atoms with E-state index in [9.17, 15) is 4.57 Å². The molecule has 0 radical (unpaired) electrons. The second-order valence-electron chi connectivity index (χ2n) is 6.37. The molecule has 0 aromatic rings. The van der Waals surface area contributed by atoms with Crippen molar-refractivity contribution in [3.05, 3.63) is 0 Å². The lowest BCUT2D eigenvalue weighted by atomic mass is 9.86. The highest BCUT2D eigenvalue weighted by atomic mass is 31.2. The van der Waals surface area contributed by atoms with E-state index in [2.05, 4.69) is 34.6 Å². The van der Waals surface area contributed by atoms with Crippen LogP contribution in [0.15, 0.2) is 0 Å². The van der Waals surface area contributed by atoms with E-state index >= 15 is 0 Å². The first-order valence-electron chi connectivity index (χ1n) is 5.57. The average molecular weight is 234 g/mol. The van der Waals surface area contributed by atoms with Crippen molar-refractivity contribution >= 4 is 7.14 Å². The van der Waals surface area contributed by atoms with Crippen LogP contribution in [0.4, 0.5) is 0 Å². The summed E-state index contributed by atoms with van der Waals surface area (Å²) in [5.41, 5.74) is 0.224. The Balaban J connectivity index is 4.62. The number of hydrogen-bond donors (Lipinski definition) is 0. The van der Waals surface area contributed by atoms with E-state index in [1.54, 1.807) is 7.11 Å². The second kappa shape index (κ2) is 5.01. The Labute approximate surface area is 95.2 Å². The molecule has 0 spiro atoms. The van der Waals surface area contributed by atoms with Crippen LogP contribution in [0.25, 0.3) is 0 Å². The van der Waals surface area contributed by atoms with Crippen molar-refractivity contribution in [3.63, 3.8) is 0 Å². The van der Waals surface area contributed by atoms with E-state index < -0.39 is 7.14 Å². The Morgan fingerprint density at radius 3 is 1.93 bits per heavy atom. The fourth-order valence-corrected chi connectivity index (χ4v) is 3.98. The molecule has 15 heavy (non-hydrogen) atoms. The van der Waals surface area contributed by atoms with Crippen LogP contribution in [0.2, 0.25) is 0 Å². The Hall–Kier alpha value is 0.190. The van der Waals surface area contributed by atoms with Gasteiger partial charge in [-0.05, 0) is 18.5 Å². The van der Waals surface area contributed by atoms with Crippen LogP contribution >= 0.6 is 7.14 Å². The molecular weight excluding hydrogens is 207 g/mol. The predicted molar refractivity (Wildman–Crippen MR) is 68.4 cm³/mol. The van der Waals surface area contributed by atoms with Gasteiger partial charge in [-0.25, -0.2) is 0 Å². The summed E-state index contributed by atoms with van der Waals surface area (Å²) < 4.78 is 17.6. The zero-order valence-corrected chi connectivity index (χ0v) is 12.3. The largest absolute Gasteiger partial charge is 0.384 e. The molecule has 0 saturated carbocycles. The molecule has 0 aliphatic rings. The minimum atomic E-state index is -2.13. The molecule has 0 heterocycles. The van der Waals surface area contributed by atoms with Gasteiger partial charge in [0, 0.05) is 18.4 Å². The number of rotatable bonds is 5. The van der Waals surface area contributed by atoms with Gasteiger partial charge in [0.1, 0.15) is 0 Å². The zero-order valence-electron chi connectivity index (χ0n) is 11.4. The monoisotopic (exact) mass is 234 g/mol. The molecule has 0 amide bonds. The van der Waals surface area contributed by atoms with Gasteiger partial charge in [0.2, 0.25) is 0 Å². The van der Waals surface area contributed by atoms with Crippen molar-refractivity contribution in [1.82, 2.24) is 0 Å². The van der Waals surface area contributed by atoms with Crippen LogP contribution in [-0.2, 0) is 9.30 Å². The van der Waals surface area contributed by atoms with Crippen molar-refractivity contribution in [1.29, 1.82) is 0 Å². The molecule has 0 fully saturated rings. The van der Waals surface area contributed by atoms with E-state index in [1.165, 1.54) is 0 Å². The molecule has 0 rings (SSSR count). The highest BCUT2D eigenvalue weighted by Gasteiger charge is 2.38. The van der Waals surface area contributed by atoms with E-state index in [1.807, 2.05) is 6.66 Å². The van der Waals surface area contributed by atoms with Crippen molar-refractivity contribution < 1.29 is 9.30 Å². The zero-order chi connectivity index (χ0) is 12.3. The topological polar surface area (TPSA) is 26.3 Å². The summed E-state index contributed by atoms with van der Waals surface area (Å²) in [7, 11) is -0.470. The van der Waals surface area contributed by atoms with Gasteiger partial charge in [0.05, 0.1) is 13.7 Å². The maximum Gasteiger partial charge on any atom is 0.0923 e. The highest BCUT2D eigenvalue weighted by Crippen LogP contribution is 2.58. The van der Waals surface area contributed by atoms with Crippen LogP contribution in [0.1, 0.15) is 41.0 Å². The predicted octanol–water partition coefficient (Wildman–Crippen LogP) is 3.84. The quantitative estimate of drug-likeness (QED) is 0.675. The molecule has 0 aliphatic carbocycles. The summed E-state index contributed by atoms with van der Waals surface area (Å²) in [6, 6.07) is 0. The van der Waals surface area contributed by atoms with Crippen LogP contribution in [0.5, 0.6) is 0 Å². The van der Waals surface area contributed by atoms with Gasteiger partial charge in [-0.1, -0.05) is 34.6 Å². The molecule has 0 aliphatic heterocycles. The fourth-order valence-electron chi connectivity index (χ4n) is 2.03. The van der Waals surface area contributed by atoms with Crippen molar-refractivity contribution in [3.8, 4) is 0 Å². The number of hydrogen-bond acceptors (Lipinski definition) is 2. The SMILES string of the molecule is COCCP(C)(=O)C(C)(C)CC(C)(C)C. The summed E-state index contributed by atoms with van der Waals surface area (Å²) in [6.07, 6.45) is 1.67. The van der Waals surface area contributed by atoms with E-state index in [0.29, 0.717) is 12.8 Å². The maximum absolute atomic E-state index is 12.6. The van der Waals surface area contributed by atoms with Crippen molar-refractivity contribution in [2.45, 2.75) is 46.2 Å². The standard InChI is InChI=1S/C12H27O2P/c1-11(2,3)10-12(4,5)15(7,13)9-8-14-6/h8-10H2,1-7H3. The average Bonchev–Trinajstić information content (AvgIpc) is 1.96. The summed E-state index contributed by atoms with van der Waals surface area (Å²) in [4.78, 5) is 0. The fraction of sp³-hybridized carbons (Fsp3) is 1.00. The first-order chi connectivity index (χ1) is 6.52. The maximum atomic E-state index is 12.6. The lowest BCUT2D eigenvalue weighted by molar-refractivity contribution is 0.215. The third-order valence-electron chi connectivity index (χ3n) is 2.97. The molecule has 2 nitrogen and oxygen atoms in total. The van der Waals surface area contributed by atoms with E-state index in [-0.39, 0.29) is 10.6 Å². The summed E-state index contributed by atoms with van der Waals surface area (Å²) in [6.45, 7) is 13.4. The molecule has 1 unspecified atom stereocenters. The Kier molecular flexibility index (Phi) is 5.08. The van der Waals surface area contributed by atoms with Crippen LogP contribution in [0.3, 0.4) is 0 Å². The smallest absolute Gasteiger partial charge is 0.0923 e. The number of methoxy groups -OCH3 is 1. The summed E-state index contributed by atoms with van der Waals surface area (Å²) >= 11 is 0. The van der Waals surface area contributed by atoms with E-state index in [4.69, 9.17) is 4.74 Å². The van der Waals surface area contributed by atoms with Crippen LogP contribution < -0.4 is 0 Å². The third-order valence-corrected chi connectivity index (χ3v) is 6.72. The summed E-state index contributed by atoms with van der Waals surface area (Å²) in [5.74, 6) is 0. The molecule has 0 bridgehead atoms. The first-order valence-corrected chi connectivity index (χ1v) is 7.91. The first kappa shape index (κ1) is 15.2. The third kappa shape index (κ3) is 5.17. The van der Waals surface area contributed by atoms with Gasteiger partial charge in [-0.15, -0.1) is 0 Å². The Morgan fingerprint density at radius 1 is 1.13 bits per heavy atom. The molecule has 0 aromatic heterocycles. The lowest BCUT2D eigenvalue weighted by Crippen LogP contribution is -2.28. The van der Waals surface area contributed by atoms with Gasteiger partial charge in [0.15, 0.2) is 0 Å². The number of ether oxygens (including phenoxy) is 1. The van der Waals surface area contributed by atoms with Crippen LogP contribution in [-0.4, -0.2) is 31.7 Å². The molecule has 92 valence electrons. The second-order valence-corrected chi connectivity index (χ2v) is 10.2. The van der Waals surface area contributed by atoms with Crippen LogP contribution in [0, 0.1) is 5.41 Å². The Morgan fingerprint density at radius 2 is 1.60 bits per heavy atom. The van der Waals surface area contributed by atoms with Gasteiger partial charge in [-0.3, -0.25) is 0 Å². The van der Waals surface area contributed by atoms with E-state index in [0.717, 1.165) is 6.42 Å². The molecular formula is C12H27O2P. The van der Waals surface area contributed by atoms with Gasteiger partial charge in [-0.2, -0.15) is 0 Å². The summed E-state index contributed by atoms with van der Waals surface area (Å²) in [5, 5.41) is -0.0935. The van der Waals surface area contributed by atoms with Crippen molar-refractivity contribution in [2.75, 3.05) is 26.5 Å². The molecule has 0 saturated heterocycles. The lowest BCUT2D eigenvalue weighted by Gasteiger charge is -2.37. The van der Waals surface area contributed by atoms with Gasteiger partial charge >= 0.3 is 0 Å². The van der Waals surface area contributed by atoms with Gasteiger partial charge < -0.3 is 9.30 Å². The van der Waals surface area contributed by atoms with Crippen molar-refractivity contribution in [2.24, 2.45) is 5.41 Å². The minimum Gasteiger partial charge on any atom is -0.384 e. The van der Waals surface area contributed by atoms with Gasteiger partial charge in [0.25, 0.3) is 0 Å². The highest BCUT2D eigenvalue weighted by molar-refractivity contribution is 7.64. The molecule has 3 heteroatoms.